The molecule has 0 radical (unpaired) electrons. The van der Waals surface area contributed by atoms with Crippen molar-refractivity contribution in [3.63, 3.8) is 0 Å². The molecule has 2 rings (SSSR count). The molecule has 4 nitrogen and oxygen atoms in total. The van der Waals surface area contributed by atoms with Crippen LogP contribution in [0.15, 0.2) is 28.8 Å². The number of nitrogens with two attached hydrogens (primary N) is 1. The third-order valence-electron chi connectivity index (χ3n) is 1.75. The van der Waals surface area contributed by atoms with Crippen molar-refractivity contribution in [3.8, 4) is 11.4 Å². The zero-order valence-corrected chi connectivity index (χ0v) is 9.43. The zero-order chi connectivity index (χ0) is 9.97. The Bertz CT molecular complexity index is 424. The Labute approximate surface area is 94.6 Å². The molecule has 1 heterocycles. The molecule has 5 heteroatoms. The zero-order valence-electron chi connectivity index (χ0n) is 7.27. The van der Waals surface area contributed by atoms with Crippen LogP contribution in [0.25, 0.3) is 11.4 Å². The number of aromatic nitrogens is 2. The molecule has 0 amide bonds. The van der Waals surface area contributed by atoms with Crippen LogP contribution in [0.3, 0.4) is 0 Å². The molecular weight excluding hydrogens is 293 g/mol. The van der Waals surface area contributed by atoms with Gasteiger partial charge in [-0.25, -0.2) is 0 Å². The van der Waals surface area contributed by atoms with E-state index in [1.165, 1.54) is 0 Å². The Morgan fingerprint density at radius 2 is 2.00 bits per heavy atom. The summed E-state index contributed by atoms with van der Waals surface area (Å²) in [5.41, 5.74) is 7.21. The number of anilines is 1. The van der Waals surface area contributed by atoms with Gasteiger partial charge in [0.05, 0.1) is 4.43 Å². The molecule has 0 spiro atoms. The summed E-state index contributed by atoms with van der Waals surface area (Å²) in [4.78, 5) is 4.20. The van der Waals surface area contributed by atoms with E-state index in [1.54, 1.807) is 0 Å². The third kappa shape index (κ3) is 1.87. The fourth-order valence-electron chi connectivity index (χ4n) is 1.06. The largest absolute Gasteiger partial charge is 0.399 e. The Hall–Kier alpha value is -1.11. The maximum Gasteiger partial charge on any atom is 0.236 e. The van der Waals surface area contributed by atoms with Crippen molar-refractivity contribution in [1.82, 2.24) is 10.1 Å². The molecule has 14 heavy (non-hydrogen) atoms. The summed E-state index contributed by atoms with van der Waals surface area (Å²) in [5, 5.41) is 3.86. The normalized spacial score (nSPS) is 10.4. The highest BCUT2D eigenvalue weighted by molar-refractivity contribution is 14.1. The second-order valence-electron chi connectivity index (χ2n) is 2.77. The van der Waals surface area contributed by atoms with Crippen LogP contribution in [0, 0.1) is 0 Å². The van der Waals surface area contributed by atoms with Crippen LogP contribution in [0.1, 0.15) is 5.89 Å². The summed E-state index contributed by atoms with van der Waals surface area (Å²) in [6.07, 6.45) is 0. The number of alkyl halides is 1. The minimum atomic E-state index is 0.608. The van der Waals surface area contributed by atoms with Gasteiger partial charge in [-0.1, -0.05) is 27.7 Å². The van der Waals surface area contributed by atoms with Gasteiger partial charge < -0.3 is 10.3 Å². The molecule has 72 valence electrons. The SMILES string of the molecule is Nc1ccc(-c2noc(CI)n2)cc1. The van der Waals surface area contributed by atoms with Gasteiger partial charge in [-0.15, -0.1) is 0 Å². The lowest BCUT2D eigenvalue weighted by Gasteiger charge is -1.94. The third-order valence-corrected chi connectivity index (χ3v) is 2.40. The van der Waals surface area contributed by atoms with Gasteiger partial charge in [0.2, 0.25) is 11.7 Å². The monoisotopic (exact) mass is 301 g/mol. The standard InChI is InChI=1S/C9H8IN3O/c10-5-8-12-9(13-14-8)6-1-3-7(11)4-2-6/h1-4H,5,11H2. The van der Waals surface area contributed by atoms with Gasteiger partial charge in [-0.3, -0.25) is 0 Å². The average Bonchev–Trinajstić information content (AvgIpc) is 2.67. The summed E-state index contributed by atoms with van der Waals surface area (Å²) in [7, 11) is 0. The number of rotatable bonds is 2. The van der Waals surface area contributed by atoms with Crippen LogP contribution in [-0.4, -0.2) is 10.1 Å². The van der Waals surface area contributed by atoms with Gasteiger partial charge >= 0.3 is 0 Å². The second-order valence-corrected chi connectivity index (χ2v) is 3.53. The number of hydrogen-bond acceptors (Lipinski definition) is 4. The molecule has 1 aromatic carbocycles. The van der Waals surface area contributed by atoms with E-state index in [0.29, 0.717) is 11.7 Å². The van der Waals surface area contributed by atoms with Crippen LogP contribution in [0.4, 0.5) is 5.69 Å². The average molecular weight is 301 g/mol. The van der Waals surface area contributed by atoms with E-state index in [1.807, 2.05) is 24.3 Å². The number of nitrogen functional groups attached to an aromatic ring is 1. The van der Waals surface area contributed by atoms with Gasteiger partial charge in [0.1, 0.15) is 0 Å². The molecule has 0 aliphatic carbocycles. The Balaban J connectivity index is 2.34. The molecule has 0 saturated heterocycles. The van der Waals surface area contributed by atoms with Crippen molar-refractivity contribution in [2.75, 3.05) is 5.73 Å². The highest BCUT2D eigenvalue weighted by atomic mass is 127. The molecule has 0 saturated carbocycles. The van der Waals surface area contributed by atoms with Crippen molar-refractivity contribution in [2.45, 2.75) is 4.43 Å². The Morgan fingerprint density at radius 1 is 1.29 bits per heavy atom. The maximum absolute atomic E-state index is 5.57. The summed E-state index contributed by atoms with van der Waals surface area (Å²) >= 11 is 2.18. The van der Waals surface area contributed by atoms with Crippen LogP contribution >= 0.6 is 22.6 Å². The minimum Gasteiger partial charge on any atom is -0.399 e. The van der Waals surface area contributed by atoms with Crippen LogP contribution in [0.5, 0.6) is 0 Å². The lowest BCUT2D eigenvalue weighted by molar-refractivity contribution is 0.393. The number of hydrogen-bond donors (Lipinski definition) is 1. The maximum atomic E-state index is 5.57. The molecule has 0 aliphatic rings. The minimum absolute atomic E-state index is 0.608. The lowest BCUT2D eigenvalue weighted by atomic mass is 10.2. The Kier molecular flexibility index (Phi) is 2.67. The van der Waals surface area contributed by atoms with Gasteiger partial charge in [0.15, 0.2) is 0 Å². The molecule has 1 aromatic heterocycles. The van der Waals surface area contributed by atoms with E-state index in [0.717, 1.165) is 15.7 Å². The molecule has 0 unspecified atom stereocenters. The first-order valence-electron chi connectivity index (χ1n) is 4.04. The molecule has 2 N–H and O–H groups in total. The van der Waals surface area contributed by atoms with Crippen molar-refractivity contribution in [2.24, 2.45) is 0 Å². The topological polar surface area (TPSA) is 64.9 Å². The van der Waals surface area contributed by atoms with Crippen LogP contribution in [0.2, 0.25) is 0 Å². The first-order valence-corrected chi connectivity index (χ1v) is 5.56. The smallest absolute Gasteiger partial charge is 0.236 e. The van der Waals surface area contributed by atoms with E-state index in [9.17, 15) is 0 Å². The van der Waals surface area contributed by atoms with E-state index >= 15 is 0 Å². The molecular formula is C9H8IN3O. The van der Waals surface area contributed by atoms with Gasteiger partial charge in [-0.05, 0) is 24.3 Å². The predicted molar refractivity (Wildman–Crippen MR) is 61.9 cm³/mol. The summed E-state index contributed by atoms with van der Waals surface area (Å²) in [6.45, 7) is 0. The fourth-order valence-corrected chi connectivity index (χ4v) is 1.37. The van der Waals surface area contributed by atoms with Crippen molar-refractivity contribution < 1.29 is 4.52 Å². The van der Waals surface area contributed by atoms with Gasteiger partial charge in [-0.2, -0.15) is 4.98 Å². The number of nitrogens with zero attached hydrogens (tertiary/aromatic N) is 2. The van der Waals surface area contributed by atoms with Gasteiger partial charge in [0.25, 0.3) is 0 Å². The molecule has 0 atom stereocenters. The number of benzene rings is 1. The Morgan fingerprint density at radius 3 is 2.57 bits per heavy atom. The number of halogens is 1. The first-order chi connectivity index (χ1) is 6.79. The first kappa shape index (κ1) is 9.45. The summed E-state index contributed by atoms with van der Waals surface area (Å²) in [6, 6.07) is 7.37. The quantitative estimate of drug-likeness (QED) is 0.525. The molecule has 0 aliphatic heterocycles. The molecule has 0 fully saturated rings. The highest BCUT2D eigenvalue weighted by Gasteiger charge is 2.06. The predicted octanol–water partition coefficient (Wildman–Crippen LogP) is 2.25. The second kappa shape index (κ2) is 3.95. The highest BCUT2D eigenvalue weighted by Crippen LogP contribution is 2.17. The van der Waals surface area contributed by atoms with Gasteiger partial charge in [0, 0.05) is 11.3 Å². The fraction of sp³-hybridized carbons (Fsp3) is 0.111. The van der Waals surface area contributed by atoms with E-state index in [-0.39, 0.29) is 0 Å². The van der Waals surface area contributed by atoms with Crippen molar-refractivity contribution >= 4 is 28.3 Å². The van der Waals surface area contributed by atoms with E-state index in [2.05, 4.69) is 32.7 Å². The molecule has 2 aromatic rings. The van der Waals surface area contributed by atoms with Crippen LogP contribution in [-0.2, 0) is 4.43 Å². The van der Waals surface area contributed by atoms with Crippen LogP contribution < -0.4 is 5.73 Å². The van der Waals surface area contributed by atoms with Crippen molar-refractivity contribution in [1.29, 1.82) is 0 Å². The molecule has 0 bridgehead atoms. The van der Waals surface area contributed by atoms with E-state index in [4.69, 9.17) is 10.3 Å². The van der Waals surface area contributed by atoms with E-state index < -0.39 is 0 Å². The summed E-state index contributed by atoms with van der Waals surface area (Å²) in [5.74, 6) is 1.24. The van der Waals surface area contributed by atoms with Crippen molar-refractivity contribution in [3.05, 3.63) is 30.2 Å². The lowest BCUT2D eigenvalue weighted by Crippen LogP contribution is -1.85. The summed E-state index contributed by atoms with van der Waals surface area (Å²) < 4.78 is 5.72.